The average molecular weight is 247 g/mol. The predicted molar refractivity (Wildman–Crippen MR) is 70.0 cm³/mol. The fourth-order valence-corrected chi connectivity index (χ4v) is 2.30. The van der Waals surface area contributed by atoms with Gasteiger partial charge >= 0.3 is 5.97 Å². The minimum absolute atomic E-state index is 0.0904. The number of nitrogens with zero attached hydrogens (tertiary/aromatic N) is 1. The van der Waals surface area contributed by atoms with Gasteiger partial charge in [0.15, 0.2) is 0 Å². The number of hydrogen-bond donors (Lipinski definition) is 2. The van der Waals surface area contributed by atoms with E-state index in [1.807, 2.05) is 30.5 Å². The molecule has 4 heteroatoms. The van der Waals surface area contributed by atoms with Crippen LogP contribution in [0.3, 0.4) is 0 Å². The van der Waals surface area contributed by atoms with Gasteiger partial charge in [0.2, 0.25) is 0 Å². The third-order valence-electron chi connectivity index (χ3n) is 3.20. The molecule has 0 saturated heterocycles. The van der Waals surface area contributed by atoms with Gasteiger partial charge in [-0.25, -0.2) is 0 Å². The summed E-state index contributed by atoms with van der Waals surface area (Å²) in [5.41, 5.74) is 1.42. The molecule has 0 aliphatic carbocycles. The van der Waals surface area contributed by atoms with E-state index in [-0.39, 0.29) is 11.8 Å². The zero-order valence-electron chi connectivity index (χ0n) is 10.7. The van der Waals surface area contributed by atoms with Crippen LogP contribution in [0.2, 0.25) is 0 Å². The maximum Gasteiger partial charge on any atom is 0.312 e. The quantitative estimate of drug-likeness (QED) is 0.876. The predicted octanol–water partition coefficient (Wildman–Crippen LogP) is 3.12. The summed E-state index contributed by atoms with van der Waals surface area (Å²) in [5, 5.41) is 20.0. The van der Waals surface area contributed by atoms with Crippen LogP contribution in [0.5, 0.6) is 5.75 Å². The Kier molecular flexibility index (Phi) is 3.03. The van der Waals surface area contributed by atoms with Crippen molar-refractivity contribution in [2.24, 2.45) is 0 Å². The van der Waals surface area contributed by atoms with Crippen molar-refractivity contribution in [3.63, 3.8) is 0 Å². The van der Waals surface area contributed by atoms with Crippen molar-refractivity contribution in [3.8, 4) is 5.75 Å². The number of carboxylic acids is 1. The van der Waals surface area contributed by atoms with Crippen LogP contribution in [-0.4, -0.2) is 20.7 Å². The van der Waals surface area contributed by atoms with Crippen LogP contribution < -0.4 is 0 Å². The molecule has 0 bridgehead atoms. The third kappa shape index (κ3) is 1.83. The van der Waals surface area contributed by atoms with Gasteiger partial charge in [-0.2, -0.15) is 0 Å². The van der Waals surface area contributed by atoms with Crippen LogP contribution in [0.4, 0.5) is 0 Å². The summed E-state index contributed by atoms with van der Waals surface area (Å²) in [6.07, 6.45) is 0. The molecule has 2 aromatic rings. The molecular weight excluding hydrogens is 230 g/mol. The highest BCUT2D eigenvalue weighted by molar-refractivity contribution is 5.88. The van der Waals surface area contributed by atoms with Gasteiger partial charge in [0.05, 0.1) is 11.4 Å². The molecule has 18 heavy (non-hydrogen) atoms. The van der Waals surface area contributed by atoms with E-state index in [1.54, 1.807) is 19.1 Å². The standard InChI is InChI=1S/C14H17NO3/c1-8(2)15-11(9(3)14(17)18)7-10-5-4-6-12(16)13(10)15/h4-9,16H,1-3H3,(H,17,18). The first-order chi connectivity index (χ1) is 8.43. The maximum atomic E-state index is 11.2. The Balaban J connectivity index is 2.78. The Hall–Kier alpha value is -1.97. The molecule has 0 amide bonds. The van der Waals surface area contributed by atoms with Gasteiger partial charge in [0.1, 0.15) is 5.75 Å². The fourth-order valence-electron chi connectivity index (χ4n) is 2.30. The Morgan fingerprint density at radius 1 is 1.28 bits per heavy atom. The normalized spacial score (nSPS) is 13.1. The second kappa shape index (κ2) is 4.37. The lowest BCUT2D eigenvalue weighted by Crippen LogP contribution is -2.14. The monoisotopic (exact) mass is 247 g/mol. The third-order valence-corrected chi connectivity index (χ3v) is 3.20. The molecule has 0 spiro atoms. The van der Waals surface area contributed by atoms with Gasteiger partial charge in [0, 0.05) is 17.1 Å². The lowest BCUT2D eigenvalue weighted by atomic mass is 10.1. The summed E-state index contributed by atoms with van der Waals surface area (Å²) >= 11 is 0. The maximum absolute atomic E-state index is 11.2. The van der Waals surface area contributed by atoms with Gasteiger partial charge in [0.25, 0.3) is 0 Å². The molecule has 1 aromatic carbocycles. The molecule has 0 aliphatic rings. The largest absolute Gasteiger partial charge is 0.506 e. The minimum atomic E-state index is -0.862. The van der Waals surface area contributed by atoms with Crippen molar-refractivity contribution in [3.05, 3.63) is 30.0 Å². The number of hydrogen-bond acceptors (Lipinski definition) is 2. The Morgan fingerprint density at radius 2 is 1.94 bits per heavy atom. The molecule has 0 fully saturated rings. The van der Waals surface area contributed by atoms with Crippen LogP contribution in [-0.2, 0) is 4.79 Å². The second-order valence-electron chi connectivity index (χ2n) is 4.81. The molecule has 4 nitrogen and oxygen atoms in total. The molecule has 1 aromatic heterocycles. The van der Waals surface area contributed by atoms with Crippen LogP contribution >= 0.6 is 0 Å². The Bertz CT molecular complexity index is 598. The number of aliphatic carboxylic acids is 1. The highest BCUT2D eigenvalue weighted by atomic mass is 16.4. The summed E-state index contributed by atoms with van der Waals surface area (Å²) in [6, 6.07) is 7.20. The van der Waals surface area contributed by atoms with Crippen LogP contribution in [0, 0.1) is 0 Å². The number of carbonyl (C=O) groups is 1. The molecule has 96 valence electrons. The van der Waals surface area contributed by atoms with E-state index in [4.69, 9.17) is 5.11 Å². The zero-order valence-corrected chi connectivity index (χ0v) is 10.7. The summed E-state index contributed by atoms with van der Waals surface area (Å²) in [7, 11) is 0. The number of benzene rings is 1. The topological polar surface area (TPSA) is 62.5 Å². The fraction of sp³-hybridized carbons (Fsp3) is 0.357. The summed E-state index contributed by atoms with van der Waals surface area (Å²) in [6.45, 7) is 5.61. The Labute approximate surface area is 105 Å². The number of carboxylic acid groups (broad SMARTS) is 1. The van der Waals surface area contributed by atoms with Crippen molar-refractivity contribution in [1.82, 2.24) is 4.57 Å². The van der Waals surface area contributed by atoms with Gasteiger partial charge in [-0.15, -0.1) is 0 Å². The molecule has 0 radical (unpaired) electrons. The summed E-state index contributed by atoms with van der Waals surface area (Å²) in [4.78, 5) is 11.2. The van der Waals surface area contributed by atoms with E-state index in [9.17, 15) is 9.90 Å². The van der Waals surface area contributed by atoms with E-state index < -0.39 is 11.9 Å². The first kappa shape index (κ1) is 12.5. The van der Waals surface area contributed by atoms with Gasteiger partial charge in [-0.1, -0.05) is 12.1 Å². The SMILES string of the molecule is CC(C(=O)O)c1cc2cccc(O)c2n1C(C)C. The average Bonchev–Trinajstić information content (AvgIpc) is 2.68. The molecule has 1 atom stereocenters. The number of phenolic OH excluding ortho intramolecular Hbond substituents is 1. The number of rotatable bonds is 3. The van der Waals surface area contributed by atoms with E-state index in [0.29, 0.717) is 11.2 Å². The van der Waals surface area contributed by atoms with Crippen molar-refractivity contribution < 1.29 is 15.0 Å². The molecule has 2 N–H and O–H groups in total. The first-order valence-electron chi connectivity index (χ1n) is 5.99. The minimum Gasteiger partial charge on any atom is -0.506 e. The number of aromatic nitrogens is 1. The molecule has 0 aliphatic heterocycles. The van der Waals surface area contributed by atoms with E-state index >= 15 is 0 Å². The smallest absolute Gasteiger partial charge is 0.312 e. The van der Waals surface area contributed by atoms with E-state index in [1.165, 1.54) is 0 Å². The van der Waals surface area contributed by atoms with Crippen LogP contribution in [0.25, 0.3) is 10.9 Å². The number of aromatic hydroxyl groups is 1. The first-order valence-corrected chi connectivity index (χ1v) is 5.99. The molecule has 1 unspecified atom stereocenters. The number of phenols is 1. The second-order valence-corrected chi connectivity index (χ2v) is 4.81. The number of fused-ring (bicyclic) bond motifs is 1. The summed E-state index contributed by atoms with van der Waals surface area (Å²) in [5.74, 6) is -1.27. The van der Waals surface area contributed by atoms with Crippen molar-refractivity contribution in [2.75, 3.05) is 0 Å². The van der Waals surface area contributed by atoms with E-state index in [0.717, 1.165) is 5.39 Å². The van der Waals surface area contributed by atoms with Crippen molar-refractivity contribution in [1.29, 1.82) is 0 Å². The Morgan fingerprint density at radius 3 is 2.50 bits per heavy atom. The van der Waals surface area contributed by atoms with Crippen molar-refractivity contribution >= 4 is 16.9 Å². The molecule has 0 saturated carbocycles. The van der Waals surface area contributed by atoms with Crippen molar-refractivity contribution in [2.45, 2.75) is 32.7 Å². The van der Waals surface area contributed by atoms with Gasteiger partial charge < -0.3 is 14.8 Å². The molecular formula is C14H17NO3. The number of para-hydroxylation sites is 1. The van der Waals surface area contributed by atoms with Gasteiger partial charge in [-0.3, -0.25) is 4.79 Å². The lowest BCUT2D eigenvalue weighted by Gasteiger charge is -2.17. The summed E-state index contributed by atoms with van der Waals surface area (Å²) < 4.78 is 1.89. The van der Waals surface area contributed by atoms with Crippen LogP contribution in [0.1, 0.15) is 38.4 Å². The molecule has 2 rings (SSSR count). The van der Waals surface area contributed by atoms with Crippen LogP contribution in [0.15, 0.2) is 24.3 Å². The highest BCUT2D eigenvalue weighted by Crippen LogP contribution is 2.33. The van der Waals surface area contributed by atoms with E-state index in [2.05, 4.69) is 0 Å². The highest BCUT2D eigenvalue weighted by Gasteiger charge is 2.22. The zero-order chi connectivity index (χ0) is 13.4. The molecule has 1 heterocycles. The lowest BCUT2D eigenvalue weighted by molar-refractivity contribution is -0.138. The van der Waals surface area contributed by atoms with Gasteiger partial charge in [-0.05, 0) is 32.9 Å².